The van der Waals surface area contributed by atoms with Gasteiger partial charge < -0.3 is 5.11 Å². The molecule has 3 aromatic rings. The van der Waals surface area contributed by atoms with Gasteiger partial charge in [-0.25, -0.2) is 0 Å². The Morgan fingerprint density at radius 1 is 0.800 bits per heavy atom. The van der Waals surface area contributed by atoms with Crippen LogP contribution in [0.3, 0.4) is 0 Å². The molecule has 0 aliphatic carbocycles. The quantitative estimate of drug-likeness (QED) is 0.695. The van der Waals surface area contributed by atoms with Crippen molar-refractivity contribution in [2.24, 2.45) is 0 Å². The van der Waals surface area contributed by atoms with Gasteiger partial charge >= 0.3 is 0 Å². The SMILES string of the molecule is O=C1c2ccccc2[C@](O)(C#Cc2ccccc2)N1c1ccccc1. The van der Waals surface area contributed by atoms with Gasteiger partial charge in [0.05, 0.1) is 0 Å². The van der Waals surface area contributed by atoms with E-state index in [1.807, 2.05) is 48.5 Å². The Kier molecular flexibility index (Phi) is 3.61. The molecule has 4 rings (SSSR count). The molecule has 1 heterocycles. The summed E-state index contributed by atoms with van der Waals surface area (Å²) in [4.78, 5) is 14.3. The molecule has 0 bridgehead atoms. The van der Waals surface area contributed by atoms with Crippen LogP contribution in [0.5, 0.6) is 0 Å². The number of benzene rings is 3. The molecule has 0 fully saturated rings. The molecule has 3 heteroatoms. The fourth-order valence-electron chi connectivity index (χ4n) is 3.05. The summed E-state index contributed by atoms with van der Waals surface area (Å²) >= 11 is 0. The molecule has 120 valence electrons. The molecule has 25 heavy (non-hydrogen) atoms. The number of nitrogens with zero attached hydrogens (tertiary/aromatic N) is 1. The van der Waals surface area contributed by atoms with Crippen molar-refractivity contribution >= 4 is 11.6 Å². The summed E-state index contributed by atoms with van der Waals surface area (Å²) in [6, 6.07) is 25.6. The Labute approximate surface area is 146 Å². The fraction of sp³-hybridized carbons (Fsp3) is 0.0455. The average molecular weight is 325 g/mol. The van der Waals surface area contributed by atoms with E-state index in [4.69, 9.17) is 0 Å². The monoisotopic (exact) mass is 325 g/mol. The van der Waals surface area contributed by atoms with Crippen LogP contribution < -0.4 is 4.90 Å². The molecule has 1 aliphatic rings. The largest absolute Gasteiger partial charge is 0.357 e. The van der Waals surface area contributed by atoms with E-state index in [9.17, 15) is 9.90 Å². The molecule has 3 aromatic carbocycles. The summed E-state index contributed by atoms with van der Waals surface area (Å²) in [5.41, 5.74) is 0.656. The highest BCUT2D eigenvalue weighted by atomic mass is 16.3. The van der Waals surface area contributed by atoms with E-state index in [0.29, 0.717) is 16.8 Å². The summed E-state index contributed by atoms with van der Waals surface area (Å²) in [5.74, 6) is 5.66. The fourth-order valence-corrected chi connectivity index (χ4v) is 3.05. The van der Waals surface area contributed by atoms with Crippen molar-refractivity contribution < 1.29 is 9.90 Å². The molecule has 0 saturated heterocycles. The molecule has 1 aliphatic heterocycles. The minimum absolute atomic E-state index is 0.258. The zero-order chi connectivity index (χ0) is 17.3. The van der Waals surface area contributed by atoms with Crippen molar-refractivity contribution in [3.63, 3.8) is 0 Å². The Bertz CT molecular complexity index is 987. The highest BCUT2D eigenvalue weighted by Gasteiger charge is 2.48. The molecule has 3 nitrogen and oxygen atoms in total. The van der Waals surface area contributed by atoms with Crippen molar-refractivity contribution in [1.29, 1.82) is 0 Å². The maximum absolute atomic E-state index is 12.9. The second-order valence-corrected chi connectivity index (χ2v) is 5.81. The molecular formula is C22H15NO2. The Morgan fingerprint density at radius 3 is 2.12 bits per heavy atom. The molecule has 1 atom stereocenters. The molecule has 1 amide bonds. The van der Waals surface area contributed by atoms with Gasteiger partial charge in [-0.3, -0.25) is 9.69 Å². The van der Waals surface area contributed by atoms with Gasteiger partial charge in [0.2, 0.25) is 5.72 Å². The molecule has 0 unspecified atom stereocenters. The topological polar surface area (TPSA) is 40.5 Å². The van der Waals surface area contributed by atoms with E-state index < -0.39 is 5.72 Å². The zero-order valence-corrected chi connectivity index (χ0v) is 13.4. The van der Waals surface area contributed by atoms with Crippen LogP contribution >= 0.6 is 0 Å². The highest BCUT2D eigenvalue weighted by Crippen LogP contribution is 2.40. The number of amides is 1. The first-order valence-electron chi connectivity index (χ1n) is 8.00. The van der Waals surface area contributed by atoms with Gasteiger partial charge in [0.1, 0.15) is 0 Å². The van der Waals surface area contributed by atoms with Crippen LogP contribution in [-0.2, 0) is 5.72 Å². The third-order valence-electron chi connectivity index (χ3n) is 4.23. The third-order valence-corrected chi connectivity index (χ3v) is 4.23. The number of rotatable bonds is 1. The van der Waals surface area contributed by atoms with Gasteiger partial charge in [-0.2, -0.15) is 0 Å². The van der Waals surface area contributed by atoms with E-state index in [2.05, 4.69) is 11.8 Å². The van der Waals surface area contributed by atoms with E-state index in [-0.39, 0.29) is 5.91 Å². The van der Waals surface area contributed by atoms with Gasteiger partial charge in [0.15, 0.2) is 0 Å². The van der Waals surface area contributed by atoms with Crippen molar-refractivity contribution in [3.05, 3.63) is 102 Å². The van der Waals surface area contributed by atoms with Crippen molar-refractivity contribution in [2.75, 3.05) is 4.90 Å². The lowest BCUT2D eigenvalue weighted by atomic mass is 10.0. The van der Waals surface area contributed by atoms with Crippen LogP contribution in [-0.4, -0.2) is 11.0 Å². The van der Waals surface area contributed by atoms with Crippen LogP contribution in [0.25, 0.3) is 0 Å². The summed E-state index contributed by atoms with van der Waals surface area (Å²) in [7, 11) is 0. The summed E-state index contributed by atoms with van der Waals surface area (Å²) in [6.07, 6.45) is 0. The van der Waals surface area contributed by atoms with E-state index in [1.165, 1.54) is 4.90 Å². The second kappa shape index (κ2) is 5.94. The predicted molar refractivity (Wildman–Crippen MR) is 96.9 cm³/mol. The van der Waals surface area contributed by atoms with Crippen LogP contribution in [0.4, 0.5) is 5.69 Å². The van der Waals surface area contributed by atoms with Crippen molar-refractivity contribution in [1.82, 2.24) is 0 Å². The summed E-state index contributed by atoms with van der Waals surface area (Å²) in [6.45, 7) is 0. The lowest BCUT2D eigenvalue weighted by Gasteiger charge is -2.29. The van der Waals surface area contributed by atoms with E-state index >= 15 is 0 Å². The Balaban J connectivity index is 1.89. The van der Waals surface area contributed by atoms with E-state index in [1.54, 1.807) is 36.4 Å². The number of hydrogen-bond acceptors (Lipinski definition) is 2. The van der Waals surface area contributed by atoms with Crippen LogP contribution in [0, 0.1) is 11.8 Å². The van der Waals surface area contributed by atoms with Crippen LogP contribution in [0.15, 0.2) is 84.9 Å². The Hall–Kier alpha value is -3.35. The molecule has 1 N–H and O–H groups in total. The minimum atomic E-state index is -1.70. The smallest absolute Gasteiger partial charge is 0.262 e. The van der Waals surface area contributed by atoms with Crippen LogP contribution in [0.1, 0.15) is 21.5 Å². The highest BCUT2D eigenvalue weighted by molar-refractivity contribution is 6.12. The molecule has 0 radical (unpaired) electrons. The third kappa shape index (κ3) is 2.50. The number of fused-ring (bicyclic) bond motifs is 1. The van der Waals surface area contributed by atoms with Crippen molar-refractivity contribution in [2.45, 2.75) is 5.72 Å². The number of para-hydroxylation sites is 1. The Morgan fingerprint density at radius 2 is 1.40 bits per heavy atom. The second-order valence-electron chi connectivity index (χ2n) is 5.81. The lowest BCUT2D eigenvalue weighted by molar-refractivity contribution is 0.0792. The van der Waals surface area contributed by atoms with Crippen LogP contribution in [0.2, 0.25) is 0 Å². The first-order valence-corrected chi connectivity index (χ1v) is 8.00. The number of carbonyl (C=O) groups excluding carboxylic acids is 1. The zero-order valence-electron chi connectivity index (χ0n) is 13.4. The molecule has 0 aromatic heterocycles. The maximum Gasteiger partial charge on any atom is 0.262 e. The normalized spacial score (nSPS) is 18.4. The average Bonchev–Trinajstić information content (AvgIpc) is 2.90. The number of carbonyl (C=O) groups is 1. The first kappa shape index (κ1) is 15.2. The van der Waals surface area contributed by atoms with Gasteiger partial charge in [0, 0.05) is 22.4 Å². The van der Waals surface area contributed by atoms with Gasteiger partial charge in [0.25, 0.3) is 5.91 Å². The van der Waals surface area contributed by atoms with Gasteiger partial charge in [-0.05, 0) is 36.3 Å². The first-order chi connectivity index (χ1) is 12.2. The number of aliphatic hydroxyl groups is 1. The number of anilines is 1. The standard InChI is InChI=1S/C22H15NO2/c24-21-19-13-7-8-14-20(19)22(25,16-15-17-9-3-1-4-10-17)23(21)18-11-5-2-6-12-18/h1-14,25H/t22-/m1/s1. The van der Waals surface area contributed by atoms with Gasteiger partial charge in [-0.15, -0.1) is 0 Å². The maximum atomic E-state index is 12.9. The minimum Gasteiger partial charge on any atom is -0.357 e. The van der Waals surface area contributed by atoms with Gasteiger partial charge in [-0.1, -0.05) is 60.5 Å². The summed E-state index contributed by atoms with van der Waals surface area (Å²) in [5, 5.41) is 11.4. The summed E-state index contributed by atoms with van der Waals surface area (Å²) < 4.78 is 0. The predicted octanol–water partition coefficient (Wildman–Crippen LogP) is 3.54. The van der Waals surface area contributed by atoms with Crippen molar-refractivity contribution in [3.8, 4) is 11.8 Å². The number of hydrogen-bond donors (Lipinski definition) is 1. The molecule has 0 saturated carbocycles. The lowest BCUT2D eigenvalue weighted by Crippen LogP contribution is -2.43. The van der Waals surface area contributed by atoms with E-state index in [0.717, 1.165) is 5.56 Å². The molecule has 0 spiro atoms. The molecular weight excluding hydrogens is 310 g/mol.